The summed E-state index contributed by atoms with van der Waals surface area (Å²) in [6.07, 6.45) is 3.28. The lowest BCUT2D eigenvalue weighted by Gasteiger charge is -1.93. The van der Waals surface area contributed by atoms with Crippen LogP contribution in [-0.4, -0.2) is 20.5 Å². The molecule has 0 spiro atoms. The second-order valence-electron chi connectivity index (χ2n) is 2.85. The van der Waals surface area contributed by atoms with Crippen LogP contribution in [0.2, 0.25) is 0 Å². The zero-order chi connectivity index (χ0) is 9.42. The van der Waals surface area contributed by atoms with Crippen molar-refractivity contribution in [2.45, 2.75) is 6.92 Å². The predicted octanol–water partition coefficient (Wildman–Crippen LogP) is 1.34. The van der Waals surface area contributed by atoms with Crippen molar-refractivity contribution in [3.05, 3.63) is 35.8 Å². The van der Waals surface area contributed by atoms with E-state index in [1.165, 1.54) is 6.20 Å². The SMILES string of the molecule is Cc1cccn2cc(C(=O)O)nc12. The maximum atomic E-state index is 10.6. The van der Waals surface area contributed by atoms with Gasteiger partial charge in [0.1, 0.15) is 5.65 Å². The van der Waals surface area contributed by atoms with Crippen molar-refractivity contribution in [2.75, 3.05) is 0 Å². The lowest BCUT2D eigenvalue weighted by molar-refractivity contribution is 0.0691. The molecule has 0 saturated heterocycles. The van der Waals surface area contributed by atoms with Gasteiger partial charge in [0.2, 0.25) is 0 Å². The van der Waals surface area contributed by atoms with Crippen LogP contribution in [0.1, 0.15) is 16.1 Å². The van der Waals surface area contributed by atoms with E-state index < -0.39 is 5.97 Å². The Labute approximate surface area is 74.5 Å². The number of nitrogens with zero attached hydrogens (tertiary/aromatic N) is 2. The number of carbonyl (C=O) groups is 1. The van der Waals surface area contributed by atoms with Gasteiger partial charge in [-0.15, -0.1) is 0 Å². The topological polar surface area (TPSA) is 54.6 Å². The Hall–Kier alpha value is -1.84. The lowest BCUT2D eigenvalue weighted by Crippen LogP contribution is -1.95. The Morgan fingerprint density at radius 1 is 1.62 bits per heavy atom. The summed E-state index contributed by atoms with van der Waals surface area (Å²) in [6, 6.07) is 3.75. The van der Waals surface area contributed by atoms with Crippen LogP contribution in [0.5, 0.6) is 0 Å². The van der Waals surface area contributed by atoms with E-state index in [0.717, 1.165) is 5.56 Å². The standard InChI is InChI=1S/C9H8N2O2/c1-6-3-2-4-11-5-7(9(12)13)10-8(6)11/h2-5H,1H3,(H,12,13). The van der Waals surface area contributed by atoms with Crippen LogP contribution in [0.3, 0.4) is 0 Å². The maximum absolute atomic E-state index is 10.6. The smallest absolute Gasteiger partial charge is 0.356 e. The number of aromatic carboxylic acids is 1. The number of carboxylic acid groups (broad SMARTS) is 1. The Balaban J connectivity index is 2.75. The monoisotopic (exact) mass is 176 g/mol. The number of hydrogen-bond acceptors (Lipinski definition) is 2. The van der Waals surface area contributed by atoms with Crippen molar-refractivity contribution in [3.63, 3.8) is 0 Å². The van der Waals surface area contributed by atoms with Gasteiger partial charge in [0.15, 0.2) is 5.69 Å². The van der Waals surface area contributed by atoms with Gasteiger partial charge in [-0.3, -0.25) is 0 Å². The number of pyridine rings is 1. The summed E-state index contributed by atoms with van der Waals surface area (Å²) in [5, 5.41) is 8.70. The average Bonchev–Trinajstić information content (AvgIpc) is 2.49. The van der Waals surface area contributed by atoms with Crippen LogP contribution in [0.25, 0.3) is 5.65 Å². The summed E-state index contributed by atoms with van der Waals surface area (Å²) in [5.74, 6) is -0.997. The van der Waals surface area contributed by atoms with E-state index in [2.05, 4.69) is 4.98 Å². The first-order valence-corrected chi connectivity index (χ1v) is 3.86. The summed E-state index contributed by atoms with van der Waals surface area (Å²) in [5.41, 5.74) is 1.74. The molecule has 4 heteroatoms. The zero-order valence-electron chi connectivity index (χ0n) is 7.06. The van der Waals surface area contributed by atoms with Crippen LogP contribution in [0, 0.1) is 6.92 Å². The normalized spacial score (nSPS) is 10.5. The van der Waals surface area contributed by atoms with E-state index in [0.29, 0.717) is 5.65 Å². The number of imidazole rings is 1. The van der Waals surface area contributed by atoms with Crippen LogP contribution < -0.4 is 0 Å². The molecule has 2 heterocycles. The van der Waals surface area contributed by atoms with Gasteiger partial charge in [0.05, 0.1) is 0 Å². The van der Waals surface area contributed by atoms with E-state index in [1.807, 2.05) is 19.1 Å². The molecule has 2 rings (SSSR count). The molecule has 0 unspecified atom stereocenters. The van der Waals surface area contributed by atoms with Gasteiger partial charge >= 0.3 is 5.97 Å². The van der Waals surface area contributed by atoms with Crippen LogP contribution in [0.4, 0.5) is 0 Å². The van der Waals surface area contributed by atoms with Crippen molar-refractivity contribution in [1.29, 1.82) is 0 Å². The van der Waals surface area contributed by atoms with Gasteiger partial charge in [-0.05, 0) is 18.6 Å². The van der Waals surface area contributed by atoms with E-state index in [9.17, 15) is 4.79 Å². The molecule has 0 amide bonds. The summed E-state index contributed by atoms with van der Waals surface area (Å²) >= 11 is 0. The number of aryl methyl sites for hydroxylation is 1. The highest BCUT2D eigenvalue weighted by Gasteiger charge is 2.08. The summed E-state index contributed by atoms with van der Waals surface area (Å²) in [4.78, 5) is 14.6. The van der Waals surface area contributed by atoms with Crippen LogP contribution in [-0.2, 0) is 0 Å². The molecule has 0 fully saturated rings. The molecule has 66 valence electrons. The number of aromatic nitrogens is 2. The fourth-order valence-electron chi connectivity index (χ4n) is 1.26. The summed E-state index contributed by atoms with van der Waals surface area (Å²) < 4.78 is 1.71. The van der Waals surface area contributed by atoms with Gasteiger partial charge in [-0.25, -0.2) is 9.78 Å². The second kappa shape index (κ2) is 2.58. The fraction of sp³-hybridized carbons (Fsp3) is 0.111. The first-order chi connectivity index (χ1) is 6.18. The highest BCUT2D eigenvalue weighted by Crippen LogP contribution is 2.09. The molecule has 2 aromatic rings. The van der Waals surface area contributed by atoms with E-state index >= 15 is 0 Å². The molecule has 0 aromatic carbocycles. The number of fused-ring (bicyclic) bond motifs is 1. The summed E-state index contributed by atoms with van der Waals surface area (Å²) in [6.45, 7) is 1.90. The molecule has 1 N–H and O–H groups in total. The van der Waals surface area contributed by atoms with Crippen LogP contribution in [0.15, 0.2) is 24.5 Å². The van der Waals surface area contributed by atoms with Gasteiger partial charge < -0.3 is 9.51 Å². The summed E-state index contributed by atoms with van der Waals surface area (Å²) in [7, 11) is 0. The largest absolute Gasteiger partial charge is 0.476 e. The highest BCUT2D eigenvalue weighted by molar-refractivity contribution is 5.86. The molecule has 0 aliphatic heterocycles. The van der Waals surface area contributed by atoms with E-state index in [1.54, 1.807) is 10.6 Å². The quantitative estimate of drug-likeness (QED) is 0.713. The molecule has 0 bridgehead atoms. The minimum Gasteiger partial charge on any atom is -0.476 e. The Morgan fingerprint density at radius 2 is 2.38 bits per heavy atom. The second-order valence-corrected chi connectivity index (χ2v) is 2.85. The molecule has 4 nitrogen and oxygen atoms in total. The van der Waals surface area contributed by atoms with Crippen molar-refractivity contribution >= 4 is 11.6 Å². The van der Waals surface area contributed by atoms with Gasteiger partial charge in [-0.1, -0.05) is 6.07 Å². The van der Waals surface area contributed by atoms with Gasteiger partial charge in [0, 0.05) is 12.4 Å². The molecule has 0 saturated carbocycles. The van der Waals surface area contributed by atoms with Gasteiger partial charge in [-0.2, -0.15) is 0 Å². The third kappa shape index (κ3) is 1.16. The van der Waals surface area contributed by atoms with E-state index in [-0.39, 0.29) is 5.69 Å². The molecule has 0 aliphatic rings. The molecule has 0 radical (unpaired) electrons. The lowest BCUT2D eigenvalue weighted by atomic mass is 10.3. The molecular formula is C9H8N2O2. The minimum absolute atomic E-state index is 0.0781. The molecular weight excluding hydrogens is 168 g/mol. The Morgan fingerprint density at radius 3 is 3.00 bits per heavy atom. The number of hydrogen-bond donors (Lipinski definition) is 1. The van der Waals surface area contributed by atoms with Crippen LogP contribution >= 0.6 is 0 Å². The predicted molar refractivity (Wildman–Crippen MR) is 46.9 cm³/mol. The third-order valence-electron chi connectivity index (χ3n) is 1.90. The van der Waals surface area contributed by atoms with Gasteiger partial charge in [0.25, 0.3) is 0 Å². The third-order valence-corrected chi connectivity index (χ3v) is 1.90. The van der Waals surface area contributed by atoms with Crippen molar-refractivity contribution in [3.8, 4) is 0 Å². The molecule has 2 aromatic heterocycles. The zero-order valence-corrected chi connectivity index (χ0v) is 7.06. The maximum Gasteiger partial charge on any atom is 0.356 e. The average molecular weight is 176 g/mol. The fourth-order valence-corrected chi connectivity index (χ4v) is 1.26. The first-order valence-electron chi connectivity index (χ1n) is 3.86. The number of carboxylic acids is 1. The van der Waals surface area contributed by atoms with Crippen molar-refractivity contribution in [2.24, 2.45) is 0 Å². The molecule has 0 aliphatic carbocycles. The highest BCUT2D eigenvalue weighted by atomic mass is 16.4. The first kappa shape index (κ1) is 7.79. The minimum atomic E-state index is -0.997. The Bertz CT molecular complexity index is 473. The molecule has 13 heavy (non-hydrogen) atoms. The Kier molecular flexibility index (Phi) is 1.55. The number of rotatable bonds is 1. The van der Waals surface area contributed by atoms with Crippen molar-refractivity contribution in [1.82, 2.24) is 9.38 Å². The van der Waals surface area contributed by atoms with Crippen molar-refractivity contribution < 1.29 is 9.90 Å². The van der Waals surface area contributed by atoms with E-state index in [4.69, 9.17) is 5.11 Å². The molecule has 0 atom stereocenters.